The monoisotopic (exact) mass is 324 g/mol. The number of rotatable bonds is 15. The zero-order valence-corrected chi connectivity index (χ0v) is 16.1. The molecule has 0 aliphatic heterocycles. The minimum atomic E-state index is -0.282. The largest absolute Gasteiger partial charge is 0.390 e. The molecule has 1 rings (SSSR count). The highest BCUT2D eigenvalue weighted by atomic mass is 16.3. The molecule has 0 aromatic heterocycles. The van der Waals surface area contributed by atoms with Crippen LogP contribution in [-0.2, 0) is 0 Å². The first-order valence-corrected chi connectivity index (χ1v) is 11.0. The Kier molecular flexibility index (Phi) is 13.1. The van der Waals surface area contributed by atoms with E-state index in [4.69, 9.17) is 0 Å². The SMILES string of the molecule is CCCCCCCCCCCCCCCCC1(O)CCCCC1. The van der Waals surface area contributed by atoms with E-state index in [1.165, 1.54) is 109 Å². The maximum absolute atomic E-state index is 10.5. The first kappa shape index (κ1) is 21.0. The highest BCUT2D eigenvalue weighted by molar-refractivity contribution is 4.81. The quantitative estimate of drug-likeness (QED) is 0.308. The lowest BCUT2D eigenvalue weighted by atomic mass is 9.81. The van der Waals surface area contributed by atoms with E-state index in [2.05, 4.69) is 6.92 Å². The average molecular weight is 325 g/mol. The van der Waals surface area contributed by atoms with Gasteiger partial charge < -0.3 is 5.11 Å². The molecule has 1 N–H and O–H groups in total. The molecule has 1 aliphatic rings. The predicted molar refractivity (Wildman–Crippen MR) is 103 cm³/mol. The van der Waals surface area contributed by atoms with Crippen molar-refractivity contribution in [2.75, 3.05) is 0 Å². The van der Waals surface area contributed by atoms with Gasteiger partial charge in [-0.2, -0.15) is 0 Å². The maximum Gasteiger partial charge on any atom is 0.0647 e. The van der Waals surface area contributed by atoms with Crippen LogP contribution < -0.4 is 0 Å². The molecule has 1 nitrogen and oxygen atoms in total. The predicted octanol–water partition coefficient (Wildman–Crippen LogP) is 7.55. The summed E-state index contributed by atoms with van der Waals surface area (Å²) in [5.41, 5.74) is -0.282. The van der Waals surface area contributed by atoms with Crippen molar-refractivity contribution in [3.63, 3.8) is 0 Å². The second kappa shape index (κ2) is 14.3. The third-order valence-corrected chi connectivity index (χ3v) is 5.78. The highest BCUT2D eigenvalue weighted by Crippen LogP contribution is 2.32. The van der Waals surface area contributed by atoms with Crippen LogP contribution in [0.1, 0.15) is 135 Å². The Labute approximate surface area is 146 Å². The minimum absolute atomic E-state index is 0.282. The van der Waals surface area contributed by atoms with Crippen molar-refractivity contribution in [3.05, 3.63) is 0 Å². The molecule has 0 unspecified atom stereocenters. The molecule has 0 aromatic rings. The van der Waals surface area contributed by atoms with E-state index in [1.54, 1.807) is 0 Å². The second-order valence-electron chi connectivity index (χ2n) is 8.13. The Morgan fingerprint density at radius 2 is 0.957 bits per heavy atom. The zero-order chi connectivity index (χ0) is 16.6. The van der Waals surface area contributed by atoms with Crippen LogP contribution in [0.2, 0.25) is 0 Å². The molecule has 23 heavy (non-hydrogen) atoms. The summed E-state index contributed by atoms with van der Waals surface area (Å²) in [5.74, 6) is 0. The highest BCUT2D eigenvalue weighted by Gasteiger charge is 2.27. The van der Waals surface area contributed by atoms with E-state index >= 15 is 0 Å². The van der Waals surface area contributed by atoms with Crippen molar-refractivity contribution in [1.82, 2.24) is 0 Å². The van der Waals surface area contributed by atoms with Crippen molar-refractivity contribution < 1.29 is 5.11 Å². The molecule has 138 valence electrons. The lowest BCUT2D eigenvalue weighted by Gasteiger charge is -2.32. The minimum Gasteiger partial charge on any atom is -0.390 e. The number of unbranched alkanes of at least 4 members (excludes halogenated alkanes) is 13. The molecular weight excluding hydrogens is 280 g/mol. The lowest BCUT2D eigenvalue weighted by molar-refractivity contribution is -0.00587. The Morgan fingerprint density at radius 3 is 1.39 bits per heavy atom. The van der Waals surface area contributed by atoms with Crippen LogP contribution in [-0.4, -0.2) is 10.7 Å². The van der Waals surface area contributed by atoms with Crippen LogP contribution >= 0.6 is 0 Å². The zero-order valence-electron chi connectivity index (χ0n) is 16.1. The molecule has 0 radical (unpaired) electrons. The van der Waals surface area contributed by atoms with Gasteiger partial charge in [-0.25, -0.2) is 0 Å². The Bertz CT molecular complexity index is 242. The number of hydrogen-bond donors (Lipinski definition) is 1. The molecular formula is C22H44O. The van der Waals surface area contributed by atoms with Crippen molar-refractivity contribution in [3.8, 4) is 0 Å². The van der Waals surface area contributed by atoms with E-state index in [-0.39, 0.29) is 5.60 Å². The molecule has 1 heteroatoms. The van der Waals surface area contributed by atoms with Gasteiger partial charge in [0.25, 0.3) is 0 Å². The first-order chi connectivity index (χ1) is 11.3. The van der Waals surface area contributed by atoms with Crippen molar-refractivity contribution in [2.24, 2.45) is 0 Å². The third kappa shape index (κ3) is 12.0. The molecule has 0 atom stereocenters. The van der Waals surface area contributed by atoms with Gasteiger partial charge in [0.1, 0.15) is 0 Å². The summed E-state index contributed by atoms with van der Waals surface area (Å²) in [6.45, 7) is 2.29. The summed E-state index contributed by atoms with van der Waals surface area (Å²) in [6, 6.07) is 0. The van der Waals surface area contributed by atoms with Crippen LogP contribution in [0.5, 0.6) is 0 Å². The summed E-state index contributed by atoms with van der Waals surface area (Å²) in [6.07, 6.45) is 26.8. The Morgan fingerprint density at radius 1 is 0.565 bits per heavy atom. The maximum atomic E-state index is 10.5. The van der Waals surface area contributed by atoms with Crippen molar-refractivity contribution in [1.29, 1.82) is 0 Å². The molecule has 1 saturated carbocycles. The van der Waals surface area contributed by atoms with Crippen LogP contribution in [0.4, 0.5) is 0 Å². The normalized spacial score (nSPS) is 17.5. The number of hydrogen-bond acceptors (Lipinski definition) is 1. The van der Waals surface area contributed by atoms with Crippen molar-refractivity contribution >= 4 is 0 Å². The van der Waals surface area contributed by atoms with Gasteiger partial charge in [-0.15, -0.1) is 0 Å². The molecule has 0 heterocycles. The van der Waals surface area contributed by atoms with Gasteiger partial charge in [0.15, 0.2) is 0 Å². The van der Waals surface area contributed by atoms with Gasteiger partial charge in [-0.05, 0) is 19.3 Å². The molecule has 1 fully saturated rings. The van der Waals surface area contributed by atoms with E-state index < -0.39 is 0 Å². The van der Waals surface area contributed by atoms with Gasteiger partial charge >= 0.3 is 0 Å². The summed E-state index contributed by atoms with van der Waals surface area (Å²) in [5, 5.41) is 10.5. The van der Waals surface area contributed by atoms with Gasteiger partial charge in [0.05, 0.1) is 5.60 Å². The second-order valence-corrected chi connectivity index (χ2v) is 8.13. The van der Waals surface area contributed by atoms with Crippen molar-refractivity contribution in [2.45, 2.75) is 141 Å². The summed E-state index contributed by atoms with van der Waals surface area (Å²) in [7, 11) is 0. The Hall–Kier alpha value is -0.0400. The first-order valence-electron chi connectivity index (χ1n) is 11.0. The fourth-order valence-corrected chi connectivity index (χ4v) is 4.11. The van der Waals surface area contributed by atoms with Crippen LogP contribution in [0, 0.1) is 0 Å². The van der Waals surface area contributed by atoms with Crippen LogP contribution in [0.15, 0.2) is 0 Å². The standard InChI is InChI=1S/C22H44O/c1-2-3-4-5-6-7-8-9-10-11-12-13-14-16-19-22(23)20-17-15-18-21-22/h23H,2-21H2,1H3. The van der Waals surface area contributed by atoms with E-state index in [0.717, 1.165) is 19.3 Å². The van der Waals surface area contributed by atoms with Crippen LogP contribution in [0.25, 0.3) is 0 Å². The fourth-order valence-electron chi connectivity index (χ4n) is 4.11. The van der Waals surface area contributed by atoms with Gasteiger partial charge in [0, 0.05) is 0 Å². The van der Waals surface area contributed by atoms with E-state index in [9.17, 15) is 5.11 Å². The molecule has 0 aromatic carbocycles. The molecule has 0 saturated heterocycles. The van der Waals surface area contributed by atoms with Crippen LogP contribution in [0.3, 0.4) is 0 Å². The summed E-state index contributed by atoms with van der Waals surface area (Å²) >= 11 is 0. The smallest absolute Gasteiger partial charge is 0.0647 e. The van der Waals surface area contributed by atoms with Gasteiger partial charge in [0.2, 0.25) is 0 Å². The Balaban J connectivity index is 1.74. The van der Waals surface area contributed by atoms with E-state index in [0.29, 0.717) is 0 Å². The number of aliphatic hydroxyl groups is 1. The summed E-state index contributed by atoms with van der Waals surface area (Å²) in [4.78, 5) is 0. The summed E-state index contributed by atoms with van der Waals surface area (Å²) < 4.78 is 0. The molecule has 1 aliphatic carbocycles. The average Bonchev–Trinajstić information content (AvgIpc) is 2.56. The van der Waals surface area contributed by atoms with Gasteiger partial charge in [-0.1, -0.05) is 116 Å². The lowest BCUT2D eigenvalue weighted by Crippen LogP contribution is -2.30. The molecule has 0 amide bonds. The fraction of sp³-hybridized carbons (Fsp3) is 1.00. The molecule has 0 bridgehead atoms. The van der Waals surface area contributed by atoms with Gasteiger partial charge in [-0.3, -0.25) is 0 Å². The third-order valence-electron chi connectivity index (χ3n) is 5.78. The van der Waals surface area contributed by atoms with E-state index in [1.807, 2.05) is 0 Å². The topological polar surface area (TPSA) is 20.2 Å². The molecule has 0 spiro atoms.